The second-order valence-electron chi connectivity index (χ2n) is 5.10. The molecule has 4 heteroatoms. The molecule has 1 heterocycles. The molecule has 3 rings (SSSR count). The van der Waals surface area contributed by atoms with Crippen molar-refractivity contribution in [3.05, 3.63) is 16.0 Å². The molecular weight excluding hydrogens is 232 g/mol. The first kappa shape index (κ1) is 11.1. The summed E-state index contributed by atoms with van der Waals surface area (Å²) in [6.45, 7) is 0. The molecule has 0 radical (unpaired) electrons. The Labute approximate surface area is 106 Å². The van der Waals surface area contributed by atoms with Crippen molar-refractivity contribution < 1.29 is 4.79 Å². The van der Waals surface area contributed by atoms with Gasteiger partial charge in [0.25, 0.3) is 5.91 Å². The molecule has 1 aromatic rings. The van der Waals surface area contributed by atoms with Gasteiger partial charge in [0.15, 0.2) is 0 Å². The zero-order valence-corrected chi connectivity index (χ0v) is 11.0. The molecule has 0 unspecified atom stereocenters. The van der Waals surface area contributed by atoms with Gasteiger partial charge in [0, 0.05) is 18.0 Å². The summed E-state index contributed by atoms with van der Waals surface area (Å²) in [6.07, 6.45) is 7.09. The minimum absolute atomic E-state index is 0.244. The van der Waals surface area contributed by atoms with Crippen LogP contribution >= 0.6 is 11.3 Å². The van der Waals surface area contributed by atoms with E-state index in [9.17, 15) is 4.79 Å². The maximum atomic E-state index is 11.7. The molecule has 17 heavy (non-hydrogen) atoms. The Kier molecular flexibility index (Phi) is 2.62. The van der Waals surface area contributed by atoms with E-state index in [0.29, 0.717) is 6.04 Å². The summed E-state index contributed by atoms with van der Waals surface area (Å²) in [7, 11) is 2.10. The number of aryl methyl sites for hydroxylation is 1. The molecule has 2 N–H and O–H groups in total. The molecule has 1 fully saturated rings. The van der Waals surface area contributed by atoms with E-state index in [0.717, 1.165) is 23.4 Å². The second-order valence-corrected chi connectivity index (χ2v) is 6.18. The number of nitrogens with zero attached hydrogens (tertiary/aromatic N) is 1. The highest BCUT2D eigenvalue weighted by Crippen LogP contribution is 2.42. The van der Waals surface area contributed by atoms with Gasteiger partial charge >= 0.3 is 0 Å². The molecule has 2 aliphatic carbocycles. The number of hydrogen-bond acceptors (Lipinski definition) is 3. The smallest absolute Gasteiger partial charge is 0.251 e. The predicted octanol–water partition coefficient (Wildman–Crippen LogP) is 2.32. The van der Waals surface area contributed by atoms with Gasteiger partial charge in [-0.2, -0.15) is 0 Å². The van der Waals surface area contributed by atoms with Crippen LogP contribution in [-0.2, 0) is 12.8 Å². The normalized spacial score (nSPS) is 18.9. The van der Waals surface area contributed by atoms with E-state index in [2.05, 4.69) is 11.9 Å². The van der Waals surface area contributed by atoms with Crippen LogP contribution in [0.15, 0.2) is 0 Å². The number of primary amides is 1. The lowest BCUT2D eigenvalue weighted by atomic mass is 9.95. The number of thiophene rings is 1. The van der Waals surface area contributed by atoms with Gasteiger partial charge in [0.2, 0.25) is 0 Å². The molecule has 0 saturated heterocycles. The molecule has 0 aromatic carbocycles. The molecule has 0 spiro atoms. The fraction of sp³-hybridized carbons (Fsp3) is 0.615. The zero-order valence-electron chi connectivity index (χ0n) is 10.2. The van der Waals surface area contributed by atoms with E-state index in [1.54, 1.807) is 11.3 Å². The highest BCUT2D eigenvalue weighted by Gasteiger charge is 2.32. The van der Waals surface area contributed by atoms with Crippen LogP contribution in [0.5, 0.6) is 0 Å². The van der Waals surface area contributed by atoms with E-state index in [1.165, 1.54) is 36.1 Å². The van der Waals surface area contributed by atoms with Crippen molar-refractivity contribution in [1.82, 2.24) is 0 Å². The summed E-state index contributed by atoms with van der Waals surface area (Å²) in [5.74, 6) is -0.244. The zero-order chi connectivity index (χ0) is 12.0. The minimum atomic E-state index is -0.244. The van der Waals surface area contributed by atoms with Crippen molar-refractivity contribution in [2.75, 3.05) is 11.9 Å². The van der Waals surface area contributed by atoms with Crippen molar-refractivity contribution in [2.24, 2.45) is 5.73 Å². The fourth-order valence-corrected chi connectivity index (χ4v) is 4.11. The number of nitrogens with two attached hydrogens (primary N) is 1. The molecule has 92 valence electrons. The summed E-state index contributed by atoms with van der Waals surface area (Å²) in [6, 6.07) is 0.633. The summed E-state index contributed by atoms with van der Waals surface area (Å²) in [4.78, 5) is 15.4. The number of fused-ring (bicyclic) bond motifs is 1. The molecule has 0 atom stereocenters. The van der Waals surface area contributed by atoms with Gasteiger partial charge in [-0.15, -0.1) is 11.3 Å². The van der Waals surface area contributed by atoms with Crippen LogP contribution in [0, 0.1) is 0 Å². The van der Waals surface area contributed by atoms with E-state index >= 15 is 0 Å². The Balaban J connectivity index is 2.06. The van der Waals surface area contributed by atoms with Crippen LogP contribution in [-0.4, -0.2) is 19.0 Å². The first-order valence-electron chi connectivity index (χ1n) is 6.35. The van der Waals surface area contributed by atoms with Crippen molar-refractivity contribution in [1.29, 1.82) is 0 Å². The van der Waals surface area contributed by atoms with Gasteiger partial charge < -0.3 is 10.6 Å². The molecule has 2 aliphatic rings. The molecule has 1 saturated carbocycles. The van der Waals surface area contributed by atoms with Crippen LogP contribution in [0.4, 0.5) is 5.00 Å². The summed E-state index contributed by atoms with van der Waals surface area (Å²) < 4.78 is 0. The van der Waals surface area contributed by atoms with Crippen LogP contribution < -0.4 is 10.6 Å². The average molecular weight is 250 g/mol. The summed E-state index contributed by atoms with van der Waals surface area (Å²) in [5.41, 5.74) is 7.65. The monoisotopic (exact) mass is 250 g/mol. The maximum Gasteiger partial charge on any atom is 0.251 e. The Morgan fingerprint density at radius 2 is 2.06 bits per heavy atom. The van der Waals surface area contributed by atoms with E-state index in [1.807, 2.05) is 0 Å². The Bertz CT molecular complexity index is 462. The lowest BCUT2D eigenvalue weighted by Crippen LogP contribution is -2.23. The number of hydrogen-bond donors (Lipinski definition) is 1. The standard InChI is InChI=1S/C13H18N2OS/c1-15(8-6-7-8)13-11(12(14)16)9-4-2-3-5-10(9)17-13/h8H,2-7H2,1H3,(H2,14,16). The largest absolute Gasteiger partial charge is 0.365 e. The Morgan fingerprint density at radius 3 is 2.71 bits per heavy atom. The van der Waals surface area contributed by atoms with E-state index < -0.39 is 0 Å². The lowest BCUT2D eigenvalue weighted by molar-refractivity contribution is 0.1000. The first-order valence-corrected chi connectivity index (χ1v) is 7.17. The quantitative estimate of drug-likeness (QED) is 0.895. The summed E-state index contributed by atoms with van der Waals surface area (Å²) in [5, 5.41) is 1.12. The lowest BCUT2D eigenvalue weighted by Gasteiger charge is -2.18. The Hall–Kier alpha value is -1.03. The van der Waals surface area contributed by atoms with Crippen molar-refractivity contribution in [3.63, 3.8) is 0 Å². The van der Waals surface area contributed by atoms with Gasteiger partial charge in [-0.25, -0.2) is 0 Å². The molecule has 1 aromatic heterocycles. The number of anilines is 1. The Morgan fingerprint density at radius 1 is 1.35 bits per heavy atom. The molecule has 1 amide bonds. The van der Waals surface area contributed by atoms with E-state index in [-0.39, 0.29) is 5.91 Å². The third-order valence-electron chi connectivity index (χ3n) is 3.81. The number of rotatable bonds is 3. The predicted molar refractivity (Wildman–Crippen MR) is 70.9 cm³/mol. The highest BCUT2D eigenvalue weighted by molar-refractivity contribution is 7.16. The van der Waals surface area contributed by atoms with Gasteiger partial charge in [0.1, 0.15) is 5.00 Å². The minimum Gasteiger partial charge on any atom is -0.365 e. The SMILES string of the molecule is CN(c1sc2c(c1C(N)=O)CCCC2)C1CC1. The van der Waals surface area contributed by atoms with Gasteiger partial charge in [-0.05, 0) is 44.1 Å². The fourth-order valence-electron chi connectivity index (χ4n) is 2.68. The van der Waals surface area contributed by atoms with Crippen LogP contribution in [0.3, 0.4) is 0 Å². The summed E-state index contributed by atoms with van der Waals surface area (Å²) >= 11 is 1.79. The van der Waals surface area contributed by atoms with Crippen molar-refractivity contribution in [3.8, 4) is 0 Å². The van der Waals surface area contributed by atoms with Crippen LogP contribution in [0.25, 0.3) is 0 Å². The third kappa shape index (κ3) is 1.84. The van der Waals surface area contributed by atoms with Gasteiger partial charge in [-0.3, -0.25) is 4.79 Å². The first-order chi connectivity index (χ1) is 8.18. The molecule has 0 aliphatic heterocycles. The number of carbonyl (C=O) groups is 1. The molecular formula is C13H18N2OS. The van der Waals surface area contributed by atoms with Gasteiger partial charge in [-0.1, -0.05) is 0 Å². The van der Waals surface area contributed by atoms with E-state index in [4.69, 9.17) is 5.73 Å². The average Bonchev–Trinajstić information content (AvgIpc) is 3.07. The second kappa shape index (κ2) is 4.02. The molecule has 3 nitrogen and oxygen atoms in total. The van der Waals surface area contributed by atoms with Gasteiger partial charge in [0.05, 0.1) is 5.56 Å². The maximum absolute atomic E-state index is 11.7. The van der Waals surface area contributed by atoms with Crippen molar-refractivity contribution >= 4 is 22.2 Å². The number of carbonyl (C=O) groups excluding carboxylic acids is 1. The highest BCUT2D eigenvalue weighted by atomic mass is 32.1. The van der Waals surface area contributed by atoms with Crippen molar-refractivity contribution in [2.45, 2.75) is 44.6 Å². The number of amides is 1. The third-order valence-corrected chi connectivity index (χ3v) is 5.20. The van der Waals surface area contributed by atoms with Crippen LogP contribution in [0.1, 0.15) is 46.5 Å². The van der Waals surface area contributed by atoms with Crippen LogP contribution in [0.2, 0.25) is 0 Å². The molecule has 0 bridgehead atoms. The topological polar surface area (TPSA) is 46.3 Å².